The van der Waals surface area contributed by atoms with Gasteiger partial charge >= 0.3 is 11.9 Å². The number of benzene rings is 1. The first-order valence-corrected chi connectivity index (χ1v) is 6.04. The van der Waals surface area contributed by atoms with E-state index < -0.39 is 18.5 Å². The fourth-order valence-corrected chi connectivity index (χ4v) is 2.05. The van der Waals surface area contributed by atoms with E-state index in [1.165, 1.54) is 0 Å². The number of fused-ring (bicyclic) bond motifs is 1. The number of aliphatic carboxylic acids is 1. The van der Waals surface area contributed by atoms with E-state index in [-0.39, 0.29) is 6.42 Å². The number of carbonyl (C=O) groups excluding carboxylic acids is 1. The first kappa shape index (κ1) is 13.9. The van der Waals surface area contributed by atoms with Crippen molar-refractivity contribution in [2.75, 3.05) is 13.7 Å². The van der Waals surface area contributed by atoms with E-state index in [0.717, 1.165) is 22.2 Å². The van der Waals surface area contributed by atoms with Crippen LogP contribution in [0.1, 0.15) is 11.3 Å². The third kappa shape index (κ3) is 2.90. The maximum absolute atomic E-state index is 11.6. The summed E-state index contributed by atoms with van der Waals surface area (Å²) < 4.78 is 9.82. The second-order valence-electron chi connectivity index (χ2n) is 4.37. The van der Waals surface area contributed by atoms with Gasteiger partial charge in [-0.15, -0.1) is 0 Å². The number of hydrogen-bond donors (Lipinski definition) is 2. The van der Waals surface area contributed by atoms with Crippen molar-refractivity contribution in [2.45, 2.75) is 13.3 Å². The molecule has 0 aliphatic carbocycles. The first-order chi connectivity index (χ1) is 9.51. The predicted octanol–water partition coefficient (Wildman–Crippen LogP) is 1.66. The number of carboxylic acid groups (broad SMARTS) is 1. The molecular formula is C14H15NO5. The van der Waals surface area contributed by atoms with Gasteiger partial charge in [-0.2, -0.15) is 0 Å². The summed E-state index contributed by atoms with van der Waals surface area (Å²) in [5.74, 6) is -1.05. The standard InChI is InChI=1S/C14H15NO5/c1-8-10(6-14(18)20-7-13(16)17)11-5-9(19-2)3-4-12(11)15-8/h3-5,15H,6-7H2,1-2H3,(H,16,17). The van der Waals surface area contributed by atoms with Crippen LogP contribution in [-0.4, -0.2) is 35.7 Å². The smallest absolute Gasteiger partial charge is 0.341 e. The largest absolute Gasteiger partial charge is 0.497 e. The van der Waals surface area contributed by atoms with Crippen molar-refractivity contribution in [2.24, 2.45) is 0 Å². The van der Waals surface area contributed by atoms with E-state index in [2.05, 4.69) is 9.72 Å². The van der Waals surface area contributed by atoms with Gasteiger partial charge in [0, 0.05) is 16.6 Å². The van der Waals surface area contributed by atoms with E-state index >= 15 is 0 Å². The van der Waals surface area contributed by atoms with Crippen molar-refractivity contribution >= 4 is 22.8 Å². The van der Waals surface area contributed by atoms with Crippen molar-refractivity contribution in [1.29, 1.82) is 0 Å². The van der Waals surface area contributed by atoms with Crippen molar-refractivity contribution in [3.05, 3.63) is 29.5 Å². The van der Waals surface area contributed by atoms with Gasteiger partial charge < -0.3 is 19.6 Å². The normalized spacial score (nSPS) is 10.5. The Hall–Kier alpha value is -2.50. The number of aromatic nitrogens is 1. The van der Waals surface area contributed by atoms with Gasteiger partial charge in [-0.05, 0) is 30.7 Å². The van der Waals surface area contributed by atoms with E-state index in [9.17, 15) is 9.59 Å². The topological polar surface area (TPSA) is 88.6 Å². The summed E-state index contributed by atoms with van der Waals surface area (Å²) in [5.41, 5.74) is 2.53. The van der Waals surface area contributed by atoms with Crippen LogP contribution in [0.4, 0.5) is 0 Å². The molecule has 2 aromatic rings. The molecule has 2 rings (SSSR count). The molecule has 0 amide bonds. The van der Waals surface area contributed by atoms with Gasteiger partial charge in [0.1, 0.15) is 5.75 Å². The first-order valence-electron chi connectivity index (χ1n) is 6.04. The zero-order valence-corrected chi connectivity index (χ0v) is 11.2. The number of rotatable bonds is 5. The number of carboxylic acids is 1. The highest BCUT2D eigenvalue weighted by Crippen LogP contribution is 2.26. The summed E-state index contributed by atoms with van der Waals surface area (Å²) in [6.07, 6.45) is 0.0201. The molecule has 20 heavy (non-hydrogen) atoms. The van der Waals surface area contributed by atoms with Crippen LogP contribution in [0.3, 0.4) is 0 Å². The van der Waals surface area contributed by atoms with Crippen LogP contribution in [0, 0.1) is 6.92 Å². The zero-order chi connectivity index (χ0) is 14.7. The number of nitrogens with one attached hydrogen (secondary N) is 1. The quantitative estimate of drug-likeness (QED) is 0.811. The van der Waals surface area contributed by atoms with Gasteiger partial charge in [0.05, 0.1) is 13.5 Å². The van der Waals surface area contributed by atoms with Crippen LogP contribution in [0.2, 0.25) is 0 Å². The van der Waals surface area contributed by atoms with Crippen LogP contribution >= 0.6 is 0 Å². The molecule has 1 aromatic carbocycles. The van der Waals surface area contributed by atoms with Crippen molar-refractivity contribution in [3.63, 3.8) is 0 Å². The van der Waals surface area contributed by atoms with E-state index in [1.54, 1.807) is 7.11 Å². The molecule has 0 spiro atoms. The average Bonchev–Trinajstić information content (AvgIpc) is 2.72. The maximum Gasteiger partial charge on any atom is 0.341 e. The molecule has 1 heterocycles. The average molecular weight is 277 g/mol. The number of methoxy groups -OCH3 is 1. The minimum absolute atomic E-state index is 0.0201. The third-order valence-corrected chi connectivity index (χ3v) is 3.00. The molecule has 0 fully saturated rings. The molecule has 6 nitrogen and oxygen atoms in total. The summed E-state index contributed by atoms with van der Waals surface area (Å²) in [5, 5.41) is 9.35. The molecule has 0 atom stereocenters. The van der Waals surface area contributed by atoms with Gasteiger partial charge in [-0.3, -0.25) is 4.79 Å². The van der Waals surface area contributed by atoms with E-state index in [0.29, 0.717) is 5.75 Å². The lowest BCUT2D eigenvalue weighted by molar-refractivity contribution is -0.154. The second-order valence-corrected chi connectivity index (χ2v) is 4.37. The Balaban J connectivity index is 2.26. The summed E-state index contributed by atoms with van der Waals surface area (Å²) in [6.45, 7) is 1.23. The highest BCUT2D eigenvalue weighted by molar-refractivity contribution is 5.90. The lowest BCUT2D eigenvalue weighted by Crippen LogP contribution is -2.14. The Labute approximate surface area is 115 Å². The van der Waals surface area contributed by atoms with Gasteiger partial charge in [-0.25, -0.2) is 4.79 Å². The third-order valence-electron chi connectivity index (χ3n) is 3.00. The van der Waals surface area contributed by atoms with Crippen LogP contribution in [-0.2, 0) is 20.7 Å². The predicted molar refractivity (Wildman–Crippen MR) is 71.9 cm³/mol. The van der Waals surface area contributed by atoms with Gasteiger partial charge in [0.2, 0.25) is 0 Å². The van der Waals surface area contributed by atoms with Gasteiger partial charge in [0.15, 0.2) is 6.61 Å². The summed E-state index contributed by atoms with van der Waals surface area (Å²) in [4.78, 5) is 25.2. The number of ether oxygens (including phenoxy) is 2. The molecular weight excluding hydrogens is 262 g/mol. The fourth-order valence-electron chi connectivity index (χ4n) is 2.05. The minimum atomic E-state index is -1.17. The Bertz CT molecular complexity index is 659. The molecule has 0 saturated heterocycles. The number of H-pyrrole nitrogens is 1. The Morgan fingerprint density at radius 1 is 1.35 bits per heavy atom. The Kier molecular flexibility index (Phi) is 3.93. The Morgan fingerprint density at radius 3 is 2.75 bits per heavy atom. The summed E-state index contributed by atoms with van der Waals surface area (Å²) in [7, 11) is 1.57. The lowest BCUT2D eigenvalue weighted by atomic mass is 10.1. The molecule has 0 saturated carbocycles. The number of aromatic amines is 1. The number of carbonyl (C=O) groups is 2. The molecule has 0 unspecified atom stereocenters. The molecule has 106 valence electrons. The highest BCUT2D eigenvalue weighted by atomic mass is 16.5. The van der Waals surface area contributed by atoms with Gasteiger partial charge in [0.25, 0.3) is 0 Å². The number of esters is 1. The second kappa shape index (κ2) is 5.64. The minimum Gasteiger partial charge on any atom is -0.497 e. The van der Waals surface area contributed by atoms with Crippen LogP contribution in [0.15, 0.2) is 18.2 Å². The molecule has 0 bridgehead atoms. The molecule has 0 aliphatic heterocycles. The van der Waals surface area contributed by atoms with E-state index in [1.807, 2.05) is 25.1 Å². The molecule has 6 heteroatoms. The van der Waals surface area contributed by atoms with E-state index in [4.69, 9.17) is 9.84 Å². The van der Waals surface area contributed by atoms with Crippen LogP contribution in [0.5, 0.6) is 5.75 Å². The number of aryl methyl sites for hydroxylation is 1. The van der Waals surface area contributed by atoms with Crippen molar-refractivity contribution in [1.82, 2.24) is 4.98 Å². The monoisotopic (exact) mass is 277 g/mol. The summed E-state index contributed by atoms with van der Waals surface area (Å²) >= 11 is 0. The molecule has 0 aliphatic rings. The summed E-state index contributed by atoms with van der Waals surface area (Å²) in [6, 6.07) is 5.52. The zero-order valence-electron chi connectivity index (χ0n) is 11.2. The fraction of sp³-hybridized carbons (Fsp3) is 0.286. The van der Waals surface area contributed by atoms with Crippen LogP contribution < -0.4 is 4.74 Å². The Morgan fingerprint density at radius 2 is 2.10 bits per heavy atom. The molecule has 1 aromatic heterocycles. The molecule has 0 radical (unpaired) electrons. The van der Waals surface area contributed by atoms with Crippen molar-refractivity contribution < 1.29 is 24.2 Å². The van der Waals surface area contributed by atoms with Crippen molar-refractivity contribution in [3.8, 4) is 5.75 Å². The molecule has 2 N–H and O–H groups in total. The SMILES string of the molecule is COc1ccc2[nH]c(C)c(CC(=O)OCC(=O)O)c2c1. The number of hydrogen-bond acceptors (Lipinski definition) is 4. The maximum atomic E-state index is 11.6. The van der Waals surface area contributed by atoms with Gasteiger partial charge in [-0.1, -0.05) is 0 Å². The lowest BCUT2D eigenvalue weighted by Gasteiger charge is -2.03. The van der Waals surface area contributed by atoms with Crippen LogP contribution in [0.25, 0.3) is 10.9 Å². The highest BCUT2D eigenvalue weighted by Gasteiger charge is 2.15.